The molecule has 0 aromatic heterocycles. The van der Waals surface area contributed by atoms with Crippen LogP contribution < -0.4 is 10.5 Å². The molecule has 0 aliphatic carbocycles. The highest BCUT2D eigenvalue weighted by Crippen LogP contribution is 2.19. The maximum atomic E-state index is 6.25. The molecule has 0 radical (unpaired) electrons. The maximum absolute atomic E-state index is 6.25. The topological polar surface area (TPSA) is 38.5 Å². The van der Waals surface area contributed by atoms with E-state index in [4.69, 9.17) is 10.5 Å². The minimum atomic E-state index is 0.187. The highest BCUT2D eigenvalue weighted by atomic mass is 16.5. The summed E-state index contributed by atoms with van der Waals surface area (Å²) in [5.41, 5.74) is 8.60. The Bertz CT molecular complexity index is 700. The van der Waals surface area contributed by atoms with E-state index in [1.807, 2.05) is 42.5 Å². The summed E-state index contributed by atoms with van der Waals surface area (Å²) in [5.74, 6) is 7.91. The number of rotatable bonds is 3. The molecule has 2 aromatic carbocycles. The summed E-state index contributed by atoms with van der Waals surface area (Å²) in [5, 5.41) is 0. The fourth-order valence-corrected chi connectivity index (χ4v) is 3.16. The number of nitrogens with zero attached hydrogens (tertiary/aromatic N) is 1. The molecule has 2 aromatic rings. The van der Waals surface area contributed by atoms with Gasteiger partial charge in [-0.3, -0.25) is 4.90 Å². The lowest BCUT2D eigenvalue weighted by atomic mass is 9.94. The average Bonchev–Trinajstić information content (AvgIpc) is 2.61. The summed E-state index contributed by atoms with van der Waals surface area (Å²) in [7, 11) is 1.69. The van der Waals surface area contributed by atoms with E-state index in [2.05, 4.69) is 28.9 Å². The summed E-state index contributed by atoms with van der Waals surface area (Å²) in [6, 6.07) is 18.6. The number of methoxy groups -OCH3 is 1. The molecule has 124 valence electrons. The summed E-state index contributed by atoms with van der Waals surface area (Å²) < 4.78 is 5.22. The van der Waals surface area contributed by atoms with Gasteiger partial charge in [0.25, 0.3) is 0 Å². The van der Waals surface area contributed by atoms with Crippen molar-refractivity contribution in [3.05, 3.63) is 65.7 Å². The molecular weight excluding hydrogens is 296 g/mol. The molecule has 0 saturated carbocycles. The van der Waals surface area contributed by atoms with Gasteiger partial charge in [-0.1, -0.05) is 42.2 Å². The van der Waals surface area contributed by atoms with Crippen LogP contribution in [0.4, 0.5) is 0 Å². The highest BCUT2D eigenvalue weighted by molar-refractivity contribution is 5.34. The van der Waals surface area contributed by atoms with Crippen molar-refractivity contribution in [2.45, 2.75) is 19.0 Å². The smallest absolute Gasteiger partial charge is 0.118 e. The number of ether oxygens (including phenoxy) is 1. The van der Waals surface area contributed by atoms with E-state index >= 15 is 0 Å². The van der Waals surface area contributed by atoms with Crippen molar-refractivity contribution < 1.29 is 4.74 Å². The number of piperidine rings is 1. The third-order valence-corrected chi connectivity index (χ3v) is 4.32. The van der Waals surface area contributed by atoms with Crippen molar-refractivity contribution in [2.75, 3.05) is 20.2 Å². The Morgan fingerprint density at radius 1 is 1.08 bits per heavy atom. The Morgan fingerprint density at radius 2 is 1.83 bits per heavy atom. The zero-order chi connectivity index (χ0) is 16.8. The summed E-state index contributed by atoms with van der Waals surface area (Å²) in [6.45, 7) is 2.80. The van der Waals surface area contributed by atoms with Gasteiger partial charge in [-0.05, 0) is 36.2 Å². The molecule has 0 bridgehead atoms. The van der Waals surface area contributed by atoms with Gasteiger partial charge in [0.2, 0.25) is 0 Å². The van der Waals surface area contributed by atoms with Crippen LogP contribution in [0.2, 0.25) is 0 Å². The number of nitrogens with two attached hydrogens (primary N) is 1. The molecule has 1 saturated heterocycles. The van der Waals surface area contributed by atoms with E-state index in [0.717, 1.165) is 37.4 Å². The van der Waals surface area contributed by atoms with Crippen LogP contribution in [0.5, 0.6) is 5.75 Å². The monoisotopic (exact) mass is 320 g/mol. The molecule has 0 spiro atoms. The first kappa shape index (κ1) is 16.6. The van der Waals surface area contributed by atoms with Crippen molar-refractivity contribution >= 4 is 0 Å². The van der Waals surface area contributed by atoms with Gasteiger partial charge in [0, 0.05) is 37.2 Å². The van der Waals surface area contributed by atoms with E-state index < -0.39 is 0 Å². The van der Waals surface area contributed by atoms with Gasteiger partial charge in [0.15, 0.2) is 0 Å². The van der Waals surface area contributed by atoms with Gasteiger partial charge in [-0.15, -0.1) is 0 Å². The van der Waals surface area contributed by atoms with Crippen LogP contribution in [-0.2, 0) is 6.54 Å². The van der Waals surface area contributed by atoms with Crippen molar-refractivity contribution in [1.82, 2.24) is 4.90 Å². The Kier molecular flexibility index (Phi) is 5.53. The predicted molar refractivity (Wildman–Crippen MR) is 97.7 cm³/mol. The molecule has 1 aliphatic heterocycles. The summed E-state index contributed by atoms with van der Waals surface area (Å²) >= 11 is 0. The van der Waals surface area contributed by atoms with Crippen LogP contribution in [0.15, 0.2) is 54.6 Å². The highest BCUT2D eigenvalue weighted by Gasteiger charge is 2.23. The number of hydrogen-bond acceptors (Lipinski definition) is 3. The lowest BCUT2D eigenvalue weighted by Crippen LogP contribution is -2.46. The molecule has 3 rings (SSSR count). The third kappa shape index (κ3) is 4.61. The molecule has 0 unspecified atom stereocenters. The standard InChI is InChI=1S/C21H24N2O/c1-24-21-11-9-18(10-12-21)14-23-15-19(13-20(22)16-23)8-7-17-5-3-2-4-6-17/h2-6,9-12,19-20H,13-16,22H2,1H3/t19-,20+/m1/s1. The molecule has 1 fully saturated rings. The third-order valence-electron chi connectivity index (χ3n) is 4.32. The summed E-state index contributed by atoms with van der Waals surface area (Å²) in [6.07, 6.45) is 0.971. The Hall–Kier alpha value is -2.28. The lowest BCUT2D eigenvalue weighted by Gasteiger charge is -2.34. The zero-order valence-corrected chi connectivity index (χ0v) is 14.1. The van der Waals surface area contributed by atoms with Gasteiger partial charge >= 0.3 is 0 Å². The van der Waals surface area contributed by atoms with Gasteiger partial charge in [-0.25, -0.2) is 0 Å². The molecule has 1 heterocycles. The number of hydrogen-bond donors (Lipinski definition) is 1. The first-order valence-electron chi connectivity index (χ1n) is 8.40. The largest absolute Gasteiger partial charge is 0.497 e. The first-order valence-corrected chi connectivity index (χ1v) is 8.40. The van der Waals surface area contributed by atoms with Crippen LogP contribution in [0.25, 0.3) is 0 Å². The molecule has 2 atom stereocenters. The minimum Gasteiger partial charge on any atom is -0.497 e. The van der Waals surface area contributed by atoms with Crippen molar-refractivity contribution in [3.8, 4) is 17.6 Å². The van der Waals surface area contributed by atoms with E-state index in [0.29, 0.717) is 5.92 Å². The van der Waals surface area contributed by atoms with Crippen LogP contribution in [0.1, 0.15) is 17.5 Å². The van der Waals surface area contributed by atoms with Crippen molar-refractivity contribution in [1.29, 1.82) is 0 Å². The molecule has 2 N–H and O–H groups in total. The van der Waals surface area contributed by atoms with E-state index in [1.165, 1.54) is 5.56 Å². The fraction of sp³-hybridized carbons (Fsp3) is 0.333. The minimum absolute atomic E-state index is 0.187. The van der Waals surface area contributed by atoms with Gasteiger partial charge in [-0.2, -0.15) is 0 Å². The van der Waals surface area contributed by atoms with Crippen LogP contribution in [-0.4, -0.2) is 31.1 Å². The molecule has 3 heteroatoms. The molecule has 1 aliphatic rings. The van der Waals surface area contributed by atoms with Crippen LogP contribution in [0.3, 0.4) is 0 Å². The maximum Gasteiger partial charge on any atom is 0.118 e. The van der Waals surface area contributed by atoms with E-state index in [1.54, 1.807) is 7.11 Å². The van der Waals surface area contributed by atoms with Crippen molar-refractivity contribution in [2.24, 2.45) is 11.7 Å². The molecular formula is C21H24N2O. The second kappa shape index (κ2) is 8.01. The lowest BCUT2D eigenvalue weighted by molar-refractivity contribution is 0.174. The first-order chi connectivity index (χ1) is 11.7. The second-order valence-corrected chi connectivity index (χ2v) is 6.37. The van der Waals surface area contributed by atoms with Crippen LogP contribution >= 0.6 is 0 Å². The van der Waals surface area contributed by atoms with Gasteiger partial charge in [0.1, 0.15) is 5.75 Å². The average molecular weight is 320 g/mol. The Labute approximate surface area is 144 Å². The normalized spacial score (nSPS) is 20.9. The second-order valence-electron chi connectivity index (χ2n) is 6.37. The quantitative estimate of drug-likeness (QED) is 0.884. The predicted octanol–water partition coefficient (Wildman–Crippen LogP) is 2.90. The Balaban J connectivity index is 1.63. The zero-order valence-electron chi connectivity index (χ0n) is 14.1. The van der Waals surface area contributed by atoms with Crippen LogP contribution in [0, 0.1) is 17.8 Å². The number of likely N-dealkylation sites (tertiary alicyclic amines) is 1. The van der Waals surface area contributed by atoms with Crippen molar-refractivity contribution in [3.63, 3.8) is 0 Å². The number of benzene rings is 2. The Morgan fingerprint density at radius 3 is 2.54 bits per heavy atom. The van der Waals surface area contributed by atoms with Gasteiger partial charge in [0.05, 0.1) is 7.11 Å². The SMILES string of the molecule is COc1ccc(CN2C[C@@H](N)C[C@@H](C#Cc3ccccc3)C2)cc1. The molecule has 24 heavy (non-hydrogen) atoms. The van der Waals surface area contributed by atoms with E-state index in [-0.39, 0.29) is 6.04 Å². The van der Waals surface area contributed by atoms with Gasteiger partial charge < -0.3 is 10.5 Å². The fourth-order valence-electron chi connectivity index (χ4n) is 3.16. The van der Waals surface area contributed by atoms with E-state index in [9.17, 15) is 0 Å². The molecule has 0 amide bonds. The molecule has 3 nitrogen and oxygen atoms in total. The summed E-state index contributed by atoms with van der Waals surface area (Å²) in [4.78, 5) is 2.40.